The highest BCUT2D eigenvalue weighted by atomic mass is 32.1. The normalized spacial score (nSPS) is 20.5. The zero-order chi connectivity index (χ0) is 22.9. The van der Waals surface area contributed by atoms with E-state index in [1.165, 1.54) is 24.0 Å². The minimum Gasteiger partial charge on any atom is -0.391 e. The number of β-amino-alcohol motifs (C(OH)–C–C–N with tert-alkyl or cyclic N) is 1. The first kappa shape index (κ1) is 21.5. The summed E-state index contributed by atoms with van der Waals surface area (Å²) < 4.78 is 1.92. The summed E-state index contributed by atoms with van der Waals surface area (Å²) in [4.78, 5) is 9.30. The second kappa shape index (κ2) is 9.32. The highest BCUT2D eigenvalue weighted by Gasteiger charge is 2.28. The summed E-state index contributed by atoms with van der Waals surface area (Å²) in [6.07, 6.45) is 5.01. The van der Waals surface area contributed by atoms with E-state index in [2.05, 4.69) is 55.7 Å². The van der Waals surface area contributed by atoms with E-state index in [9.17, 15) is 5.11 Å². The van der Waals surface area contributed by atoms with Crippen LogP contribution in [0.15, 0.2) is 47.4 Å². The zero-order valence-electron chi connectivity index (χ0n) is 18.9. The maximum Gasteiger partial charge on any atom is 0.163 e. The SMILES string of the molecule is O[C@H]1CNCC[C@@H]1CNc1cc(NCc2ccc(-c3cscn3)cc2)n2ncc(C3CC3)c2n1. The van der Waals surface area contributed by atoms with E-state index in [1.807, 2.05) is 22.3 Å². The smallest absolute Gasteiger partial charge is 0.163 e. The van der Waals surface area contributed by atoms with E-state index >= 15 is 0 Å². The number of anilines is 2. The molecule has 0 bridgehead atoms. The van der Waals surface area contributed by atoms with E-state index in [1.54, 1.807) is 11.3 Å². The van der Waals surface area contributed by atoms with Crippen molar-refractivity contribution in [3.63, 3.8) is 0 Å². The van der Waals surface area contributed by atoms with Gasteiger partial charge in [0.15, 0.2) is 5.65 Å². The summed E-state index contributed by atoms with van der Waals surface area (Å²) in [5.41, 5.74) is 7.33. The van der Waals surface area contributed by atoms with Crippen molar-refractivity contribution in [2.24, 2.45) is 5.92 Å². The number of thiazole rings is 1. The van der Waals surface area contributed by atoms with E-state index in [-0.39, 0.29) is 12.0 Å². The van der Waals surface area contributed by atoms with Gasteiger partial charge in [0, 0.05) is 48.1 Å². The Hall–Kier alpha value is -3.01. The number of hydrogen-bond acceptors (Lipinski definition) is 8. The number of aromatic nitrogens is 4. The van der Waals surface area contributed by atoms with Crippen LogP contribution in [0.25, 0.3) is 16.9 Å². The minimum absolute atomic E-state index is 0.222. The van der Waals surface area contributed by atoms with Gasteiger partial charge in [-0.1, -0.05) is 24.3 Å². The van der Waals surface area contributed by atoms with Crippen molar-refractivity contribution in [1.82, 2.24) is 24.9 Å². The van der Waals surface area contributed by atoms with Crippen molar-refractivity contribution < 1.29 is 5.11 Å². The Morgan fingerprint density at radius 3 is 2.79 bits per heavy atom. The van der Waals surface area contributed by atoms with Crippen molar-refractivity contribution in [2.75, 3.05) is 30.3 Å². The minimum atomic E-state index is -0.327. The van der Waals surface area contributed by atoms with Crippen LogP contribution < -0.4 is 16.0 Å². The molecule has 1 aliphatic carbocycles. The molecule has 4 aromatic rings. The van der Waals surface area contributed by atoms with Crippen molar-refractivity contribution in [2.45, 2.75) is 37.8 Å². The molecular formula is C25H29N7OS. The highest BCUT2D eigenvalue weighted by Crippen LogP contribution is 2.42. The molecule has 0 amide bonds. The van der Waals surface area contributed by atoms with Gasteiger partial charge in [0.25, 0.3) is 0 Å². The fourth-order valence-corrected chi connectivity index (χ4v) is 5.15. The first-order chi connectivity index (χ1) is 16.7. The second-order valence-electron chi connectivity index (χ2n) is 9.26. The molecular weight excluding hydrogens is 446 g/mol. The van der Waals surface area contributed by atoms with Gasteiger partial charge in [-0.3, -0.25) is 0 Å². The quantitative estimate of drug-likeness (QED) is 0.308. The molecule has 1 aromatic carbocycles. The van der Waals surface area contributed by atoms with Gasteiger partial charge in [0.2, 0.25) is 0 Å². The maximum atomic E-state index is 10.3. The number of nitrogens with zero attached hydrogens (tertiary/aromatic N) is 4. The number of fused-ring (bicyclic) bond motifs is 1. The third-order valence-electron chi connectivity index (χ3n) is 6.81. The average molecular weight is 476 g/mol. The summed E-state index contributed by atoms with van der Waals surface area (Å²) in [5, 5.41) is 27.3. The third-order valence-corrected chi connectivity index (χ3v) is 7.39. The Balaban J connectivity index is 1.22. The van der Waals surface area contributed by atoms with Crippen LogP contribution in [0.4, 0.5) is 11.6 Å². The molecule has 176 valence electrons. The van der Waals surface area contributed by atoms with Gasteiger partial charge in [-0.05, 0) is 37.3 Å². The molecule has 3 aromatic heterocycles. The standard InChI is InChI=1S/C25H29N7OS/c33-22-13-26-8-7-19(22)11-27-23-9-24(32-25(31-23)20(12-30-32)17-5-6-17)28-10-16-1-3-18(4-2-16)21-14-34-15-29-21/h1-4,9,12,14-15,17,19,22,26,28,33H,5-8,10-11,13H2,(H,27,31)/t19-,22+/m1/s1. The van der Waals surface area contributed by atoms with Crippen LogP contribution in [0, 0.1) is 5.92 Å². The van der Waals surface area contributed by atoms with Crippen LogP contribution in [-0.4, -0.2) is 50.4 Å². The molecule has 2 aliphatic rings. The van der Waals surface area contributed by atoms with Crippen molar-refractivity contribution >= 4 is 28.6 Å². The Morgan fingerprint density at radius 2 is 2.03 bits per heavy atom. The van der Waals surface area contributed by atoms with E-state index in [4.69, 9.17) is 4.98 Å². The number of aliphatic hydroxyl groups is 1. The van der Waals surface area contributed by atoms with E-state index < -0.39 is 0 Å². The number of rotatable bonds is 8. The van der Waals surface area contributed by atoms with Crippen LogP contribution in [0.1, 0.15) is 36.3 Å². The van der Waals surface area contributed by atoms with Crippen LogP contribution in [0.3, 0.4) is 0 Å². The van der Waals surface area contributed by atoms with Crippen LogP contribution in [0.5, 0.6) is 0 Å². The van der Waals surface area contributed by atoms with Crippen molar-refractivity contribution in [3.8, 4) is 11.3 Å². The van der Waals surface area contributed by atoms with Crippen LogP contribution >= 0.6 is 11.3 Å². The van der Waals surface area contributed by atoms with Crippen LogP contribution in [0.2, 0.25) is 0 Å². The summed E-state index contributed by atoms with van der Waals surface area (Å²) in [7, 11) is 0. The van der Waals surface area contributed by atoms with Gasteiger partial charge in [0.05, 0.1) is 23.5 Å². The first-order valence-electron chi connectivity index (χ1n) is 12.0. The number of aliphatic hydroxyl groups excluding tert-OH is 1. The Morgan fingerprint density at radius 1 is 1.15 bits per heavy atom. The summed E-state index contributed by atoms with van der Waals surface area (Å²) in [6, 6.07) is 10.5. The number of nitrogens with one attached hydrogen (secondary N) is 3. The topological polar surface area (TPSA) is 99.4 Å². The molecule has 0 radical (unpaired) electrons. The molecule has 34 heavy (non-hydrogen) atoms. The maximum absolute atomic E-state index is 10.3. The summed E-state index contributed by atoms with van der Waals surface area (Å²) in [6.45, 7) is 2.98. The first-order valence-corrected chi connectivity index (χ1v) is 12.9. The van der Waals surface area contributed by atoms with Crippen molar-refractivity contribution in [1.29, 1.82) is 0 Å². The van der Waals surface area contributed by atoms with Gasteiger partial charge in [0.1, 0.15) is 11.6 Å². The Labute approximate surface area is 202 Å². The highest BCUT2D eigenvalue weighted by molar-refractivity contribution is 7.07. The molecule has 0 spiro atoms. The number of piperidine rings is 1. The molecule has 1 saturated carbocycles. The third kappa shape index (κ3) is 4.51. The molecule has 4 heterocycles. The molecule has 9 heteroatoms. The Bertz CT molecular complexity index is 1250. The molecule has 1 saturated heterocycles. The van der Waals surface area contributed by atoms with E-state index in [0.29, 0.717) is 25.6 Å². The van der Waals surface area contributed by atoms with Crippen LogP contribution in [-0.2, 0) is 6.54 Å². The summed E-state index contributed by atoms with van der Waals surface area (Å²) >= 11 is 1.61. The lowest BCUT2D eigenvalue weighted by Gasteiger charge is -2.28. The second-order valence-corrected chi connectivity index (χ2v) is 9.98. The largest absolute Gasteiger partial charge is 0.391 e. The molecule has 2 atom stereocenters. The molecule has 4 N–H and O–H groups in total. The monoisotopic (exact) mass is 475 g/mol. The van der Waals surface area contributed by atoms with Gasteiger partial charge >= 0.3 is 0 Å². The predicted octanol–water partition coefficient (Wildman–Crippen LogP) is 3.72. The predicted molar refractivity (Wildman–Crippen MR) is 135 cm³/mol. The molecule has 8 nitrogen and oxygen atoms in total. The summed E-state index contributed by atoms with van der Waals surface area (Å²) in [5.74, 6) is 2.52. The van der Waals surface area contributed by atoms with Gasteiger partial charge in [-0.15, -0.1) is 11.3 Å². The lowest BCUT2D eigenvalue weighted by atomic mass is 9.95. The lowest BCUT2D eigenvalue weighted by molar-refractivity contribution is 0.0883. The van der Waals surface area contributed by atoms with E-state index in [0.717, 1.165) is 41.5 Å². The fraction of sp³-hybridized carbons (Fsp3) is 0.400. The molecule has 1 aliphatic heterocycles. The van der Waals surface area contributed by atoms with Gasteiger partial charge in [-0.25, -0.2) is 9.97 Å². The zero-order valence-corrected chi connectivity index (χ0v) is 19.8. The van der Waals surface area contributed by atoms with Crippen molar-refractivity contribution in [3.05, 3.63) is 58.5 Å². The molecule has 6 rings (SSSR count). The number of hydrogen-bond donors (Lipinski definition) is 4. The van der Waals surface area contributed by atoms with Gasteiger partial charge < -0.3 is 21.1 Å². The number of benzene rings is 1. The lowest BCUT2D eigenvalue weighted by Crippen LogP contribution is -2.43. The fourth-order valence-electron chi connectivity index (χ4n) is 4.59. The molecule has 0 unspecified atom stereocenters. The molecule has 2 fully saturated rings. The Kier molecular flexibility index (Phi) is 5.90. The van der Waals surface area contributed by atoms with Gasteiger partial charge in [-0.2, -0.15) is 9.61 Å². The average Bonchev–Trinajstić information content (AvgIpc) is 3.38.